The minimum Gasteiger partial charge on any atom is -0.496 e. The zero-order valence-corrected chi connectivity index (χ0v) is 17.3. The van der Waals surface area contributed by atoms with Gasteiger partial charge in [0.25, 0.3) is 0 Å². The van der Waals surface area contributed by atoms with Crippen LogP contribution in [0, 0.1) is 0 Å². The van der Waals surface area contributed by atoms with Crippen molar-refractivity contribution in [1.29, 1.82) is 0 Å². The Balaban J connectivity index is 1.61. The summed E-state index contributed by atoms with van der Waals surface area (Å²) in [5.74, 6) is 0.468. The highest BCUT2D eigenvalue weighted by molar-refractivity contribution is 9.10. The minimum atomic E-state index is -0.543. The van der Waals surface area contributed by atoms with E-state index in [1.807, 2.05) is 18.2 Å². The van der Waals surface area contributed by atoms with Gasteiger partial charge in [-0.2, -0.15) is 5.10 Å². The molecule has 0 atom stereocenters. The minimum absolute atomic E-state index is 0.122. The van der Waals surface area contributed by atoms with Gasteiger partial charge in [0.1, 0.15) is 11.5 Å². The molecule has 150 valence electrons. The highest BCUT2D eigenvalue weighted by Crippen LogP contribution is 2.24. The molecule has 2 aromatic heterocycles. The van der Waals surface area contributed by atoms with E-state index in [2.05, 4.69) is 31.1 Å². The van der Waals surface area contributed by atoms with Crippen molar-refractivity contribution in [2.45, 2.75) is 6.54 Å². The predicted octanol–water partition coefficient (Wildman–Crippen LogP) is 3.73. The van der Waals surface area contributed by atoms with Gasteiger partial charge >= 0.3 is 5.97 Å². The fourth-order valence-corrected chi connectivity index (χ4v) is 2.91. The SMILES string of the molecule is COC(=O)c1ccc(Cn2cc(NC(=O)/C=C/c3cc(Br)ccc3OC)cn2)o1. The van der Waals surface area contributed by atoms with Crippen LogP contribution in [0.15, 0.2) is 57.7 Å². The first-order chi connectivity index (χ1) is 14.0. The lowest BCUT2D eigenvalue weighted by Crippen LogP contribution is -2.07. The van der Waals surface area contributed by atoms with Gasteiger partial charge in [0.15, 0.2) is 0 Å². The number of methoxy groups -OCH3 is 2. The maximum atomic E-state index is 12.2. The van der Waals surface area contributed by atoms with Gasteiger partial charge in [-0.05, 0) is 36.4 Å². The third-order valence-corrected chi connectivity index (χ3v) is 4.37. The van der Waals surface area contributed by atoms with Gasteiger partial charge in [0.05, 0.1) is 32.6 Å². The molecule has 1 amide bonds. The molecule has 0 radical (unpaired) electrons. The summed E-state index contributed by atoms with van der Waals surface area (Å²) in [5, 5.41) is 6.91. The van der Waals surface area contributed by atoms with Crippen molar-refractivity contribution in [3.05, 3.63) is 70.4 Å². The molecule has 8 nitrogen and oxygen atoms in total. The second-order valence-electron chi connectivity index (χ2n) is 5.89. The first-order valence-corrected chi connectivity index (χ1v) is 9.30. The fraction of sp³-hybridized carbons (Fsp3) is 0.150. The zero-order chi connectivity index (χ0) is 20.8. The average Bonchev–Trinajstić information content (AvgIpc) is 3.36. The van der Waals surface area contributed by atoms with E-state index in [-0.39, 0.29) is 11.7 Å². The van der Waals surface area contributed by atoms with Gasteiger partial charge in [0.2, 0.25) is 11.7 Å². The van der Waals surface area contributed by atoms with Crippen molar-refractivity contribution in [1.82, 2.24) is 9.78 Å². The van der Waals surface area contributed by atoms with Crippen LogP contribution in [0.25, 0.3) is 6.08 Å². The lowest BCUT2D eigenvalue weighted by molar-refractivity contribution is -0.111. The number of hydrogen-bond donors (Lipinski definition) is 1. The van der Waals surface area contributed by atoms with Crippen LogP contribution in [-0.2, 0) is 16.1 Å². The van der Waals surface area contributed by atoms with Crippen LogP contribution in [0.3, 0.4) is 0 Å². The highest BCUT2D eigenvalue weighted by atomic mass is 79.9. The van der Waals surface area contributed by atoms with Crippen LogP contribution < -0.4 is 10.1 Å². The molecular formula is C20H18BrN3O5. The molecule has 1 aromatic carbocycles. The Labute approximate surface area is 175 Å². The number of benzene rings is 1. The Morgan fingerprint density at radius 1 is 1.28 bits per heavy atom. The van der Waals surface area contributed by atoms with Gasteiger partial charge < -0.3 is 19.2 Å². The standard InChI is InChI=1S/C20H18BrN3O5/c1-27-17-6-4-14(21)9-13(17)3-8-19(25)23-15-10-22-24(11-15)12-16-5-7-18(29-16)20(26)28-2/h3-11H,12H2,1-2H3,(H,23,25)/b8-3+. The van der Waals surface area contributed by atoms with Crippen LogP contribution in [-0.4, -0.2) is 35.9 Å². The molecule has 0 aliphatic heterocycles. The van der Waals surface area contributed by atoms with Gasteiger partial charge in [0, 0.05) is 22.3 Å². The van der Waals surface area contributed by atoms with E-state index < -0.39 is 5.97 Å². The lowest BCUT2D eigenvalue weighted by atomic mass is 10.2. The second-order valence-corrected chi connectivity index (χ2v) is 6.81. The topological polar surface area (TPSA) is 95.6 Å². The smallest absolute Gasteiger partial charge is 0.373 e. The lowest BCUT2D eigenvalue weighted by Gasteiger charge is -2.05. The first kappa shape index (κ1) is 20.4. The maximum absolute atomic E-state index is 12.2. The largest absolute Gasteiger partial charge is 0.496 e. The number of carbonyl (C=O) groups excluding carboxylic acids is 2. The molecule has 0 aliphatic rings. The van der Waals surface area contributed by atoms with E-state index in [1.54, 1.807) is 30.1 Å². The molecule has 0 fully saturated rings. The molecule has 0 aliphatic carbocycles. The zero-order valence-electron chi connectivity index (χ0n) is 15.7. The Kier molecular flexibility index (Phi) is 6.50. The number of furan rings is 1. The van der Waals surface area contributed by atoms with E-state index in [0.29, 0.717) is 23.7 Å². The molecule has 0 spiro atoms. The number of nitrogens with one attached hydrogen (secondary N) is 1. The molecule has 3 aromatic rings. The monoisotopic (exact) mass is 459 g/mol. The Morgan fingerprint density at radius 3 is 2.86 bits per heavy atom. The van der Waals surface area contributed by atoms with Crippen molar-refractivity contribution in [2.75, 3.05) is 19.5 Å². The van der Waals surface area contributed by atoms with Gasteiger partial charge in [-0.25, -0.2) is 4.79 Å². The quantitative estimate of drug-likeness (QED) is 0.427. The molecule has 1 N–H and O–H groups in total. The number of nitrogens with zero attached hydrogens (tertiary/aromatic N) is 2. The summed E-state index contributed by atoms with van der Waals surface area (Å²) >= 11 is 3.40. The molecule has 0 unspecified atom stereocenters. The van der Waals surface area contributed by atoms with E-state index in [4.69, 9.17) is 9.15 Å². The van der Waals surface area contributed by atoms with Crippen molar-refractivity contribution < 1.29 is 23.5 Å². The number of amides is 1. The van der Waals surface area contributed by atoms with E-state index in [9.17, 15) is 9.59 Å². The molecular weight excluding hydrogens is 442 g/mol. The summed E-state index contributed by atoms with van der Waals surface area (Å²) in [4.78, 5) is 23.6. The molecule has 0 saturated heterocycles. The molecule has 2 heterocycles. The summed E-state index contributed by atoms with van der Waals surface area (Å²) in [6.07, 6.45) is 6.26. The number of rotatable bonds is 7. The predicted molar refractivity (Wildman–Crippen MR) is 110 cm³/mol. The highest BCUT2D eigenvalue weighted by Gasteiger charge is 2.12. The van der Waals surface area contributed by atoms with Crippen molar-refractivity contribution in [3.8, 4) is 5.75 Å². The molecule has 3 rings (SSSR count). The van der Waals surface area contributed by atoms with Crippen LogP contribution in [0.4, 0.5) is 5.69 Å². The van der Waals surface area contributed by atoms with Crippen molar-refractivity contribution in [2.24, 2.45) is 0 Å². The van der Waals surface area contributed by atoms with Crippen LogP contribution >= 0.6 is 15.9 Å². The van der Waals surface area contributed by atoms with Crippen LogP contribution in [0.2, 0.25) is 0 Å². The Morgan fingerprint density at radius 2 is 2.10 bits per heavy atom. The number of halogens is 1. The van der Waals surface area contributed by atoms with Crippen LogP contribution in [0.1, 0.15) is 21.9 Å². The van der Waals surface area contributed by atoms with Crippen molar-refractivity contribution in [3.63, 3.8) is 0 Å². The normalized spacial score (nSPS) is 10.9. The van der Waals surface area contributed by atoms with Crippen molar-refractivity contribution >= 4 is 39.6 Å². The third-order valence-electron chi connectivity index (χ3n) is 3.87. The van der Waals surface area contributed by atoms with E-state index in [0.717, 1.165) is 10.0 Å². The van der Waals surface area contributed by atoms with E-state index in [1.165, 1.54) is 25.4 Å². The number of aromatic nitrogens is 2. The number of carbonyl (C=O) groups is 2. The fourth-order valence-electron chi connectivity index (χ4n) is 2.53. The molecule has 0 saturated carbocycles. The first-order valence-electron chi connectivity index (χ1n) is 8.50. The van der Waals surface area contributed by atoms with Gasteiger partial charge in [-0.3, -0.25) is 9.48 Å². The summed E-state index contributed by atoms with van der Waals surface area (Å²) in [7, 11) is 2.86. The third kappa shape index (κ3) is 5.35. The summed E-state index contributed by atoms with van der Waals surface area (Å²) in [6, 6.07) is 8.73. The number of hydrogen-bond acceptors (Lipinski definition) is 6. The van der Waals surface area contributed by atoms with Crippen LogP contribution in [0.5, 0.6) is 5.75 Å². The second kappa shape index (κ2) is 9.24. The van der Waals surface area contributed by atoms with E-state index >= 15 is 0 Å². The Hall–Kier alpha value is -3.33. The summed E-state index contributed by atoms with van der Waals surface area (Å²) < 4.78 is 17.7. The number of anilines is 1. The number of ether oxygens (including phenoxy) is 2. The number of esters is 1. The van der Waals surface area contributed by atoms with Gasteiger partial charge in [-0.1, -0.05) is 15.9 Å². The molecule has 0 bridgehead atoms. The molecule has 29 heavy (non-hydrogen) atoms. The molecule has 9 heteroatoms. The summed E-state index contributed by atoms with van der Waals surface area (Å²) in [6.45, 7) is 0.304. The van der Waals surface area contributed by atoms with Gasteiger partial charge in [-0.15, -0.1) is 0 Å². The average molecular weight is 460 g/mol. The maximum Gasteiger partial charge on any atom is 0.373 e. The summed E-state index contributed by atoms with van der Waals surface area (Å²) in [5.41, 5.74) is 1.30. The Bertz CT molecular complexity index is 1050.